The average molecular weight is 289 g/mol. The van der Waals surface area contributed by atoms with Gasteiger partial charge in [-0.1, -0.05) is 38.1 Å². The highest BCUT2D eigenvalue weighted by atomic mass is 16.5. The van der Waals surface area contributed by atoms with Crippen LogP contribution in [0.25, 0.3) is 0 Å². The number of benzene rings is 1. The molecule has 3 atom stereocenters. The van der Waals surface area contributed by atoms with Crippen LogP contribution in [0.5, 0.6) is 0 Å². The Hall–Kier alpha value is -0.860. The molecule has 21 heavy (non-hydrogen) atoms. The van der Waals surface area contributed by atoms with Crippen molar-refractivity contribution in [3.05, 3.63) is 35.4 Å². The molecular formula is C19H31NO. The molecule has 2 nitrogen and oxygen atoms in total. The van der Waals surface area contributed by atoms with E-state index in [1.165, 1.54) is 25.7 Å². The Balaban J connectivity index is 2.18. The molecule has 0 radical (unpaired) electrons. The van der Waals surface area contributed by atoms with Crippen molar-refractivity contribution in [3.8, 4) is 0 Å². The third-order valence-electron chi connectivity index (χ3n) is 5.37. The van der Waals surface area contributed by atoms with Crippen molar-refractivity contribution < 1.29 is 4.74 Å². The molecule has 118 valence electrons. The molecule has 1 aliphatic carbocycles. The highest BCUT2D eigenvalue weighted by molar-refractivity contribution is 5.32. The Morgan fingerprint density at radius 1 is 1.33 bits per heavy atom. The van der Waals surface area contributed by atoms with Crippen molar-refractivity contribution in [2.75, 3.05) is 13.7 Å². The van der Waals surface area contributed by atoms with E-state index in [0.717, 1.165) is 13.0 Å². The Kier molecular flexibility index (Phi) is 5.83. The highest BCUT2D eigenvalue weighted by Crippen LogP contribution is 2.37. The monoisotopic (exact) mass is 289 g/mol. The molecule has 0 spiro atoms. The molecule has 2 rings (SSSR count). The fourth-order valence-corrected chi connectivity index (χ4v) is 3.71. The fraction of sp³-hybridized carbons (Fsp3) is 0.684. The quantitative estimate of drug-likeness (QED) is 0.808. The zero-order chi connectivity index (χ0) is 15.3. The minimum atomic E-state index is -0.0810. The van der Waals surface area contributed by atoms with Gasteiger partial charge in [0.05, 0.1) is 5.60 Å². The molecule has 1 aliphatic rings. The van der Waals surface area contributed by atoms with Crippen molar-refractivity contribution in [2.24, 2.45) is 0 Å². The van der Waals surface area contributed by atoms with Crippen LogP contribution in [0, 0.1) is 0 Å². The SMILES string of the molecule is CCNC(CC1CCCc2ccccc21)C(C)(CC)OC. The van der Waals surface area contributed by atoms with Crippen molar-refractivity contribution in [1.82, 2.24) is 5.32 Å². The second-order valence-corrected chi connectivity index (χ2v) is 6.50. The van der Waals surface area contributed by atoms with Crippen molar-refractivity contribution in [1.29, 1.82) is 0 Å². The van der Waals surface area contributed by atoms with E-state index in [-0.39, 0.29) is 5.60 Å². The molecule has 0 saturated carbocycles. The van der Waals surface area contributed by atoms with E-state index in [0.29, 0.717) is 12.0 Å². The molecule has 0 heterocycles. The van der Waals surface area contributed by atoms with Gasteiger partial charge in [0.1, 0.15) is 0 Å². The molecule has 0 bridgehead atoms. The first-order valence-electron chi connectivity index (χ1n) is 8.51. The maximum absolute atomic E-state index is 5.87. The molecule has 0 amide bonds. The summed E-state index contributed by atoms with van der Waals surface area (Å²) in [5.41, 5.74) is 3.04. The normalized spacial score (nSPS) is 22.4. The van der Waals surface area contributed by atoms with Crippen molar-refractivity contribution >= 4 is 0 Å². The Bertz CT molecular complexity index is 439. The average Bonchev–Trinajstić information content (AvgIpc) is 2.54. The van der Waals surface area contributed by atoms with Gasteiger partial charge in [-0.2, -0.15) is 0 Å². The standard InChI is InChI=1S/C19H31NO/c1-5-19(3,21-4)18(20-6-2)14-16-12-9-11-15-10-7-8-13-17(15)16/h7-8,10,13,16,18,20H,5-6,9,11-12,14H2,1-4H3. The Morgan fingerprint density at radius 2 is 2.10 bits per heavy atom. The summed E-state index contributed by atoms with van der Waals surface area (Å²) < 4.78 is 5.87. The van der Waals surface area contributed by atoms with Crippen molar-refractivity contribution in [2.45, 2.75) is 70.4 Å². The molecule has 0 fully saturated rings. The van der Waals surface area contributed by atoms with Gasteiger partial charge in [0.2, 0.25) is 0 Å². The minimum Gasteiger partial charge on any atom is -0.377 e. The van der Waals surface area contributed by atoms with Gasteiger partial charge in [0.15, 0.2) is 0 Å². The lowest BCUT2D eigenvalue weighted by Gasteiger charge is -2.39. The predicted octanol–water partition coefficient (Wildman–Crippen LogP) is 4.29. The number of rotatable bonds is 7. The van der Waals surface area contributed by atoms with Crippen LogP contribution in [0.4, 0.5) is 0 Å². The van der Waals surface area contributed by atoms with E-state index in [1.54, 1.807) is 11.1 Å². The molecule has 0 aromatic heterocycles. The summed E-state index contributed by atoms with van der Waals surface area (Å²) in [6.45, 7) is 7.66. The van der Waals surface area contributed by atoms with Crippen LogP contribution < -0.4 is 5.32 Å². The molecule has 3 unspecified atom stereocenters. The zero-order valence-corrected chi connectivity index (χ0v) is 14.1. The third kappa shape index (κ3) is 3.67. The zero-order valence-electron chi connectivity index (χ0n) is 14.1. The van der Waals surface area contributed by atoms with E-state index in [2.05, 4.69) is 50.4 Å². The van der Waals surface area contributed by atoms with E-state index in [9.17, 15) is 0 Å². The number of methoxy groups -OCH3 is 1. The number of likely N-dealkylation sites (N-methyl/N-ethyl adjacent to an activating group) is 1. The molecule has 1 aromatic carbocycles. The number of hydrogen-bond donors (Lipinski definition) is 1. The number of hydrogen-bond acceptors (Lipinski definition) is 2. The van der Waals surface area contributed by atoms with Gasteiger partial charge in [0, 0.05) is 13.2 Å². The molecule has 0 aliphatic heterocycles. The minimum absolute atomic E-state index is 0.0810. The lowest BCUT2D eigenvalue weighted by atomic mass is 9.76. The van der Waals surface area contributed by atoms with Gasteiger partial charge in [-0.15, -0.1) is 0 Å². The number of nitrogens with one attached hydrogen (secondary N) is 1. The third-order valence-corrected chi connectivity index (χ3v) is 5.37. The van der Waals surface area contributed by atoms with Crippen LogP contribution in [-0.2, 0) is 11.2 Å². The summed E-state index contributed by atoms with van der Waals surface area (Å²) in [4.78, 5) is 0. The Labute approximate surface area is 130 Å². The Morgan fingerprint density at radius 3 is 2.76 bits per heavy atom. The van der Waals surface area contributed by atoms with Gasteiger partial charge < -0.3 is 10.1 Å². The molecule has 1 aromatic rings. The number of fused-ring (bicyclic) bond motifs is 1. The summed E-state index contributed by atoms with van der Waals surface area (Å²) in [5, 5.41) is 3.68. The summed E-state index contributed by atoms with van der Waals surface area (Å²) in [6.07, 6.45) is 6.07. The first kappa shape index (κ1) is 16.5. The fourth-order valence-electron chi connectivity index (χ4n) is 3.71. The lowest BCUT2D eigenvalue weighted by molar-refractivity contribution is -0.0327. The summed E-state index contributed by atoms with van der Waals surface area (Å²) >= 11 is 0. The maximum atomic E-state index is 5.87. The van der Waals surface area contributed by atoms with Crippen LogP contribution >= 0.6 is 0 Å². The summed E-state index contributed by atoms with van der Waals surface area (Å²) in [6, 6.07) is 9.41. The second-order valence-electron chi connectivity index (χ2n) is 6.50. The van der Waals surface area contributed by atoms with Crippen molar-refractivity contribution in [3.63, 3.8) is 0 Å². The molecule has 0 saturated heterocycles. The van der Waals surface area contributed by atoms with Gasteiger partial charge in [-0.3, -0.25) is 0 Å². The van der Waals surface area contributed by atoms with Crippen LogP contribution in [0.1, 0.15) is 63.5 Å². The summed E-state index contributed by atoms with van der Waals surface area (Å²) in [7, 11) is 1.85. The largest absolute Gasteiger partial charge is 0.377 e. The van der Waals surface area contributed by atoms with E-state index in [4.69, 9.17) is 4.74 Å². The maximum Gasteiger partial charge on any atom is 0.0800 e. The number of aryl methyl sites for hydroxylation is 1. The van der Waals surface area contributed by atoms with Crippen LogP contribution in [0.3, 0.4) is 0 Å². The lowest BCUT2D eigenvalue weighted by Crippen LogP contribution is -2.50. The van der Waals surface area contributed by atoms with Gasteiger partial charge in [0.25, 0.3) is 0 Å². The van der Waals surface area contributed by atoms with Gasteiger partial charge >= 0.3 is 0 Å². The highest BCUT2D eigenvalue weighted by Gasteiger charge is 2.35. The molecule has 1 N–H and O–H groups in total. The second kappa shape index (κ2) is 7.42. The van der Waals surface area contributed by atoms with Crippen LogP contribution in [0.15, 0.2) is 24.3 Å². The summed E-state index contributed by atoms with van der Waals surface area (Å²) in [5.74, 6) is 0.667. The van der Waals surface area contributed by atoms with Crippen LogP contribution in [-0.4, -0.2) is 25.3 Å². The molecule has 2 heteroatoms. The topological polar surface area (TPSA) is 21.3 Å². The first-order valence-corrected chi connectivity index (χ1v) is 8.51. The first-order chi connectivity index (χ1) is 10.1. The van der Waals surface area contributed by atoms with Crippen LogP contribution in [0.2, 0.25) is 0 Å². The molecular weight excluding hydrogens is 258 g/mol. The predicted molar refractivity (Wildman–Crippen MR) is 89.9 cm³/mol. The van der Waals surface area contributed by atoms with E-state index in [1.807, 2.05) is 7.11 Å². The van der Waals surface area contributed by atoms with Gasteiger partial charge in [-0.25, -0.2) is 0 Å². The number of ether oxygens (including phenoxy) is 1. The van der Waals surface area contributed by atoms with Gasteiger partial charge in [-0.05, 0) is 62.6 Å². The smallest absolute Gasteiger partial charge is 0.0800 e. The van der Waals surface area contributed by atoms with E-state index >= 15 is 0 Å². The van der Waals surface area contributed by atoms with E-state index < -0.39 is 0 Å².